The summed E-state index contributed by atoms with van der Waals surface area (Å²) in [6, 6.07) is 0. The molecule has 0 aromatic carbocycles. The first kappa shape index (κ1) is 17.9. The maximum atomic E-state index is 14.3. The van der Waals surface area contributed by atoms with Gasteiger partial charge in [-0.3, -0.25) is 0 Å². The van der Waals surface area contributed by atoms with Crippen molar-refractivity contribution >= 4 is 15.9 Å². The van der Waals surface area contributed by atoms with E-state index in [1.165, 1.54) is 8.05 Å². The average Bonchev–Trinajstić information content (AvgIpc) is 2.35. The van der Waals surface area contributed by atoms with Crippen LogP contribution in [-0.4, -0.2) is 52.2 Å². The smallest absolute Gasteiger partial charge is 0.261 e. The van der Waals surface area contributed by atoms with Gasteiger partial charge in [-0.05, 0) is 20.4 Å². The number of ether oxygens (including phenoxy) is 1. The summed E-state index contributed by atoms with van der Waals surface area (Å²) in [7, 11) is 4.85. The van der Waals surface area contributed by atoms with Gasteiger partial charge in [0, 0.05) is 10.9 Å². The van der Waals surface area contributed by atoms with Crippen LogP contribution in [0.2, 0.25) is 0 Å². The third-order valence-corrected chi connectivity index (χ3v) is 3.73. The van der Waals surface area contributed by atoms with Gasteiger partial charge in [-0.25, -0.2) is 4.39 Å². The molecule has 0 saturated carbocycles. The predicted molar refractivity (Wildman–Crippen MR) is 75.5 cm³/mol. The monoisotopic (exact) mass is 261 g/mol. The molecular formula is C11H26B2FNO3. The molecule has 3 atom stereocenters. The molecule has 2 N–H and O–H groups in total. The van der Waals surface area contributed by atoms with Gasteiger partial charge < -0.3 is 19.8 Å². The van der Waals surface area contributed by atoms with Crippen molar-refractivity contribution < 1.29 is 18.9 Å². The van der Waals surface area contributed by atoms with Crippen LogP contribution in [0.15, 0.2) is 0 Å². The fourth-order valence-electron chi connectivity index (χ4n) is 1.74. The lowest BCUT2D eigenvalue weighted by Crippen LogP contribution is -2.58. The second-order valence-corrected chi connectivity index (χ2v) is 5.76. The normalized spacial score (nSPS) is 21.1. The number of hydrogen-bond donors (Lipinski definition) is 2. The number of likely N-dealkylation sites (N-methyl/N-ethyl adjacent to an activating group) is 1. The van der Waals surface area contributed by atoms with Crippen molar-refractivity contribution in [2.24, 2.45) is 5.41 Å². The van der Waals surface area contributed by atoms with E-state index in [1.54, 1.807) is 35.7 Å². The minimum atomic E-state index is -1.55. The molecule has 0 spiro atoms. The number of alkyl halides is 1. The Hall–Kier alpha value is -0.100. The third-order valence-electron chi connectivity index (χ3n) is 3.73. The molecule has 0 rings (SSSR count). The van der Waals surface area contributed by atoms with Gasteiger partial charge in [0.2, 0.25) is 6.36 Å². The van der Waals surface area contributed by atoms with Gasteiger partial charge in [0.25, 0.3) is 8.05 Å². The molecule has 0 heterocycles. The lowest BCUT2D eigenvalue weighted by atomic mass is 9.78. The summed E-state index contributed by atoms with van der Waals surface area (Å²) >= 11 is 0. The fourth-order valence-corrected chi connectivity index (χ4v) is 1.74. The van der Waals surface area contributed by atoms with E-state index in [0.29, 0.717) is 6.42 Å². The number of aliphatic hydroxyl groups is 1. The summed E-state index contributed by atoms with van der Waals surface area (Å²) in [5.41, 5.74) is -1.53. The van der Waals surface area contributed by atoms with Crippen molar-refractivity contribution in [3.63, 3.8) is 0 Å². The molecular weight excluding hydrogens is 235 g/mol. The fraction of sp³-hybridized carbons (Fsp3) is 1.00. The van der Waals surface area contributed by atoms with Crippen LogP contribution in [0.5, 0.6) is 0 Å². The molecule has 0 aliphatic rings. The standard InChI is InChI=1S/C11H26B2FNO3/c1-6-11(18-13,9(2,3)7-16)17-8(14)10(4,12)15-5/h8,15-16H,6-7,12-13H2,1-5H3/t8-,10+,11-/m0/s1. The van der Waals surface area contributed by atoms with E-state index in [-0.39, 0.29) is 6.61 Å². The highest BCUT2D eigenvalue weighted by atomic mass is 19.1. The van der Waals surface area contributed by atoms with Gasteiger partial charge in [0.05, 0.1) is 6.61 Å². The van der Waals surface area contributed by atoms with Gasteiger partial charge in [0.1, 0.15) is 7.85 Å². The van der Waals surface area contributed by atoms with Gasteiger partial charge in [-0.15, -0.1) is 0 Å². The number of nitrogens with one attached hydrogen (secondary N) is 1. The Morgan fingerprint density at radius 3 is 2.17 bits per heavy atom. The highest BCUT2D eigenvalue weighted by molar-refractivity contribution is 6.15. The van der Waals surface area contributed by atoms with Crippen LogP contribution < -0.4 is 5.32 Å². The van der Waals surface area contributed by atoms with Gasteiger partial charge in [-0.2, -0.15) is 0 Å². The first-order chi connectivity index (χ1) is 8.12. The highest BCUT2D eigenvalue weighted by Gasteiger charge is 2.48. The number of aliphatic hydroxyl groups excluding tert-OH is 1. The molecule has 7 heteroatoms. The van der Waals surface area contributed by atoms with Crippen LogP contribution in [0.25, 0.3) is 0 Å². The molecule has 0 aliphatic carbocycles. The topological polar surface area (TPSA) is 50.7 Å². The predicted octanol–water partition coefficient (Wildman–Crippen LogP) is -0.443. The van der Waals surface area contributed by atoms with Crippen molar-refractivity contribution in [1.82, 2.24) is 5.32 Å². The molecule has 4 nitrogen and oxygen atoms in total. The van der Waals surface area contributed by atoms with E-state index in [0.717, 1.165) is 0 Å². The van der Waals surface area contributed by atoms with E-state index in [1.807, 2.05) is 6.92 Å². The number of halogens is 1. The second-order valence-electron chi connectivity index (χ2n) is 5.76. The number of hydrogen-bond acceptors (Lipinski definition) is 4. The zero-order valence-corrected chi connectivity index (χ0v) is 12.6. The molecule has 0 amide bonds. The van der Waals surface area contributed by atoms with E-state index in [4.69, 9.17) is 9.39 Å². The van der Waals surface area contributed by atoms with E-state index in [2.05, 4.69) is 5.32 Å². The molecule has 0 bridgehead atoms. The van der Waals surface area contributed by atoms with Crippen molar-refractivity contribution in [1.29, 1.82) is 0 Å². The largest absolute Gasteiger partial charge is 0.418 e. The molecule has 0 aromatic rings. The van der Waals surface area contributed by atoms with Gasteiger partial charge in [0.15, 0.2) is 5.79 Å². The Bertz CT molecular complexity index is 261. The summed E-state index contributed by atoms with van der Waals surface area (Å²) in [6.07, 6.45) is -1.11. The van der Waals surface area contributed by atoms with Crippen LogP contribution in [0.1, 0.15) is 34.1 Å². The Balaban J connectivity index is 5.16. The van der Waals surface area contributed by atoms with Crippen LogP contribution in [0, 0.1) is 5.41 Å². The maximum absolute atomic E-state index is 14.3. The summed E-state index contributed by atoms with van der Waals surface area (Å²) < 4.78 is 25.2. The van der Waals surface area contributed by atoms with Gasteiger partial charge in [-0.1, -0.05) is 20.8 Å². The van der Waals surface area contributed by atoms with Gasteiger partial charge >= 0.3 is 0 Å². The molecule has 106 valence electrons. The third kappa shape index (κ3) is 3.47. The minimum absolute atomic E-state index is 0.151. The maximum Gasteiger partial charge on any atom is 0.261 e. The summed E-state index contributed by atoms with van der Waals surface area (Å²) in [5, 5.41) is 12.3. The van der Waals surface area contributed by atoms with Crippen LogP contribution in [-0.2, 0) is 9.39 Å². The molecule has 0 saturated heterocycles. The van der Waals surface area contributed by atoms with E-state index >= 15 is 0 Å². The van der Waals surface area contributed by atoms with Crippen molar-refractivity contribution in [3.8, 4) is 0 Å². The Labute approximate surface area is 111 Å². The van der Waals surface area contributed by atoms with E-state index in [9.17, 15) is 9.50 Å². The molecule has 0 radical (unpaired) electrons. The van der Waals surface area contributed by atoms with E-state index < -0.39 is 23.0 Å². The summed E-state index contributed by atoms with van der Waals surface area (Å²) in [5.74, 6) is -1.16. The zero-order valence-electron chi connectivity index (χ0n) is 12.6. The molecule has 0 fully saturated rings. The lowest BCUT2D eigenvalue weighted by molar-refractivity contribution is -0.305. The average molecular weight is 261 g/mol. The zero-order chi connectivity index (χ0) is 14.6. The first-order valence-electron chi connectivity index (χ1n) is 6.29. The van der Waals surface area contributed by atoms with Crippen LogP contribution >= 0.6 is 0 Å². The second kappa shape index (κ2) is 6.37. The molecule has 0 unspecified atom stereocenters. The molecule has 0 aliphatic heterocycles. The minimum Gasteiger partial charge on any atom is -0.418 e. The lowest BCUT2D eigenvalue weighted by Gasteiger charge is -2.47. The Morgan fingerprint density at radius 1 is 1.39 bits per heavy atom. The highest BCUT2D eigenvalue weighted by Crippen LogP contribution is 2.39. The first-order valence-corrected chi connectivity index (χ1v) is 6.29. The van der Waals surface area contributed by atoms with Crippen molar-refractivity contribution in [3.05, 3.63) is 0 Å². The van der Waals surface area contributed by atoms with Crippen molar-refractivity contribution in [2.45, 2.75) is 51.7 Å². The Kier molecular flexibility index (Phi) is 6.33. The molecule has 18 heavy (non-hydrogen) atoms. The molecule has 0 aromatic heterocycles. The SMILES string of the molecule is BO[C@](CC)(O[C@H](F)[C@@](B)(C)NC)C(C)(C)CO. The number of rotatable bonds is 8. The Morgan fingerprint density at radius 2 is 1.89 bits per heavy atom. The van der Waals surface area contributed by atoms with Crippen LogP contribution in [0.4, 0.5) is 4.39 Å². The summed E-state index contributed by atoms with van der Waals surface area (Å²) in [4.78, 5) is 0. The quantitative estimate of drug-likeness (QED) is 0.459. The van der Waals surface area contributed by atoms with Crippen LogP contribution in [0.3, 0.4) is 0 Å². The van der Waals surface area contributed by atoms with Crippen molar-refractivity contribution in [2.75, 3.05) is 13.7 Å². The summed E-state index contributed by atoms with van der Waals surface area (Å²) in [6.45, 7) is 6.99.